The van der Waals surface area contributed by atoms with Crippen molar-refractivity contribution < 1.29 is 8.82 Å². The molecule has 0 saturated carbocycles. The second kappa shape index (κ2) is 9.75. The van der Waals surface area contributed by atoms with E-state index in [1.54, 1.807) is 10.8 Å². The summed E-state index contributed by atoms with van der Waals surface area (Å²) in [5.74, 6) is 0.142. The van der Waals surface area contributed by atoms with Gasteiger partial charge in [-0.05, 0) is 56.3 Å². The molecule has 34 heavy (non-hydrogen) atoms. The van der Waals surface area contributed by atoms with Crippen LogP contribution in [0.15, 0.2) is 46.2 Å². The third kappa shape index (κ3) is 4.38. The van der Waals surface area contributed by atoms with Gasteiger partial charge in [-0.2, -0.15) is 0 Å². The van der Waals surface area contributed by atoms with Gasteiger partial charge in [0, 0.05) is 6.20 Å². The number of hydrogen-bond acceptors (Lipinski definition) is 6. The maximum atomic E-state index is 15.1. The first-order valence-electron chi connectivity index (χ1n) is 11.8. The van der Waals surface area contributed by atoms with Gasteiger partial charge in [-0.15, -0.1) is 0 Å². The summed E-state index contributed by atoms with van der Waals surface area (Å²) in [5, 5.41) is 0.871. The summed E-state index contributed by atoms with van der Waals surface area (Å²) in [5.41, 5.74) is 0.195. The van der Waals surface area contributed by atoms with Crippen LogP contribution in [0.3, 0.4) is 0 Å². The predicted octanol–water partition coefficient (Wildman–Crippen LogP) is 5.58. The van der Waals surface area contributed by atoms with Crippen LogP contribution in [0.25, 0.3) is 16.9 Å². The van der Waals surface area contributed by atoms with Crippen molar-refractivity contribution in [3.63, 3.8) is 0 Å². The predicted molar refractivity (Wildman–Crippen MR) is 137 cm³/mol. The van der Waals surface area contributed by atoms with Gasteiger partial charge in [0.25, 0.3) is 5.56 Å². The van der Waals surface area contributed by atoms with Gasteiger partial charge in [-0.1, -0.05) is 44.7 Å². The Hall–Kier alpha value is -2.30. The monoisotopic (exact) mass is 501 g/mol. The van der Waals surface area contributed by atoms with Crippen molar-refractivity contribution in [3.05, 3.63) is 52.3 Å². The Morgan fingerprint density at radius 1 is 1.21 bits per heavy atom. The van der Waals surface area contributed by atoms with Crippen LogP contribution in [-0.4, -0.2) is 38.9 Å². The molecule has 3 aromatic rings. The van der Waals surface area contributed by atoms with Crippen molar-refractivity contribution in [2.75, 3.05) is 6.26 Å². The Morgan fingerprint density at radius 2 is 1.94 bits per heavy atom. The largest absolute Gasteiger partial charge is 0.406 e. The van der Waals surface area contributed by atoms with E-state index in [1.807, 2.05) is 24.5 Å². The number of fused-ring (bicyclic) bond motifs is 6. The van der Waals surface area contributed by atoms with Crippen molar-refractivity contribution in [2.24, 2.45) is 0 Å². The highest BCUT2D eigenvalue weighted by Gasteiger charge is 2.40. The Morgan fingerprint density at radius 3 is 2.62 bits per heavy atom. The molecule has 0 aliphatic carbocycles. The molecular formula is C24H32FN5O2SSi. The van der Waals surface area contributed by atoms with Gasteiger partial charge in [-0.25, -0.2) is 28.7 Å². The molecule has 0 amide bonds. The second-order valence-corrected chi connectivity index (χ2v) is 14.4. The lowest BCUT2D eigenvalue weighted by Crippen LogP contribution is -2.44. The number of nitrogens with zero attached hydrogens (tertiary/aromatic N) is 5. The molecule has 10 heteroatoms. The quantitative estimate of drug-likeness (QED) is 0.249. The molecular weight excluding hydrogens is 469 g/mol. The zero-order chi connectivity index (χ0) is 24.5. The molecule has 0 aromatic carbocycles. The van der Waals surface area contributed by atoms with Gasteiger partial charge < -0.3 is 4.43 Å². The van der Waals surface area contributed by atoms with Crippen LogP contribution in [0.2, 0.25) is 18.1 Å². The van der Waals surface area contributed by atoms with Crippen LogP contribution in [0, 0.1) is 0 Å². The molecule has 2 bridgehead atoms. The lowest BCUT2D eigenvalue weighted by atomic mass is 9.95. The van der Waals surface area contributed by atoms with E-state index in [0.29, 0.717) is 34.8 Å². The van der Waals surface area contributed by atoms with Gasteiger partial charge >= 0.3 is 0 Å². The molecule has 0 N–H and O–H groups in total. The van der Waals surface area contributed by atoms with Crippen LogP contribution in [0.4, 0.5) is 4.39 Å². The summed E-state index contributed by atoms with van der Waals surface area (Å²) in [6, 6.07) is 8.74. The molecule has 7 nitrogen and oxygen atoms in total. The van der Waals surface area contributed by atoms with Crippen LogP contribution >= 0.6 is 11.8 Å². The summed E-state index contributed by atoms with van der Waals surface area (Å²) in [4.78, 5) is 27.0. The number of thioether (sulfide) groups is 1. The normalized spacial score (nSPS) is 20.5. The number of allylic oxidation sites excluding steroid dienone is 2. The molecule has 0 spiro atoms. The minimum absolute atomic E-state index is 0.190. The summed E-state index contributed by atoms with van der Waals surface area (Å²) < 4.78 is 25.0. The maximum absolute atomic E-state index is 15.1. The van der Waals surface area contributed by atoms with Gasteiger partial charge in [-0.3, -0.25) is 4.79 Å². The third-order valence-corrected chi connectivity index (χ3v) is 12.3. The smallest absolute Gasteiger partial charge is 0.278 e. The Bertz CT molecular complexity index is 1280. The van der Waals surface area contributed by atoms with E-state index in [1.165, 1.54) is 22.6 Å². The highest BCUT2D eigenvalue weighted by Crippen LogP contribution is 2.38. The molecule has 4 rings (SSSR count). The fourth-order valence-electron chi connectivity index (χ4n) is 4.71. The fourth-order valence-corrected chi connectivity index (χ4v) is 8.14. The average Bonchev–Trinajstić information content (AvgIpc) is 3.12. The Kier molecular flexibility index (Phi) is 7.11. The number of pyridine rings is 1. The molecule has 1 aliphatic heterocycles. The van der Waals surface area contributed by atoms with E-state index in [0.717, 1.165) is 23.8 Å². The van der Waals surface area contributed by atoms with Crippen molar-refractivity contribution in [1.29, 1.82) is 0 Å². The van der Waals surface area contributed by atoms with Gasteiger partial charge in [0.2, 0.25) is 0 Å². The third-order valence-electron chi connectivity index (χ3n) is 6.99. The van der Waals surface area contributed by atoms with Crippen molar-refractivity contribution in [3.8, 4) is 5.82 Å². The highest BCUT2D eigenvalue weighted by atomic mass is 32.2. The van der Waals surface area contributed by atoms with Gasteiger partial charge in [0.05, 0.1) is 17.8 Å². The van der Waals surface area contributed by atoms with E-state index in [4.69, 9.17) is 9.41 Å². The lowest BCUT2D eigenvalue weighted by Gasteiger charge is -2.40. The number of hydrogen-bond donors (Lipinski definition) is 0. The van der Waals surface area contributed by atoms with E-state index < -0.39 is 13.9 Å². The second-order valence-electron chi connectivity index (χ2n) is 8.92. The topological polar surface area (TPSA) is 74.8 Å². The van der Waals surface area contributed by atoms with Crippen molar-refractivity contribution in [1.82, 2.24) is 24.3 Å². The molecule has 1 atom stereocenters. The van der Waals surface area contributed by atoms with Gasteiger partial charge in [0.15, 0.2) is 24.9 Å². The van der Waals surface area contributed by atoms with Crippen molar-refractivity contribution in [2.45, 2.75) is 76.0 Å². The zero-order valence-electron chi connectivity index (χ0n) is 20.5. The first-order chi connectivity index (χ1) is 16.3. The molecule has 1 aliphatic rings. The highest BCUT2D eigenvalue weighted by molar-refractivity contribution is 7.98. The Balaban J connectivity index is 1.97. The fraction of sp³-hybridized carbons (Fsp3) is 0.500. The molecule has 0 radical (unpaired) electrons. The summed E-state index contributed by atoms with van der Waals surface area (Å²) in [6.07, 6.45) is 6.04. The van der Waals surface area contributed by atoms with E-state index in [9.17, 15) is 4.79 Å². The van der Waals surface area contributed by atoms with Crippen LogP contribution < -0.4 is 5.56 Å². The summed E-state index contributed by atoms with van der Waals surface area (Å²) in [7, 11) is -1.99. The minimum Gasteiger partial charge on any atom is -0.406 e. The minimum atomic E-state index is -1.99. The first-order valence-corrected chi connectivity index (χ1v) is 15.6. The van der Waals surface area contributed by atoms with Crippen LogP contribution in [0.5, 0.6) is 0 Å². The standard InChI is InChI=1S/C24H32FN5O2SSi/c1-6-34(7-2,8-3)32-24(4)14-10-11-17(25)16-29-22(31)18-15-26-23(33-5)28-21(18)30(29)20-13-9-12-19(24)27-20/h9,11-13,15H,6-8,10,14,16H2,1-5H3/b17-11+/t24-/m1/s1. The van der Waals surface area contributed by atoms with Crippen molar-refractivity contribution >= 4 is 31.1 Å². The Labute approximate surface area is 204 Å². The first kappa shape index (κ1) is 24.8. The number of halogens is 1. The summed E-state index contributed by atoms with van der Waals surface area (Å²) >= 11 is 1.38. The molecule has 182 valence electrons. The lowest BCUT2D eigenvalue weighted by molar-refractivity contribution is 0.0598. The molecule has 0 saturated heterocycles. The van der Waals surface area contributed by atoms with E-state index >= 15 is 4.39 Å². The SMILES string of the molecule is CC[Si](CC)(CC)O[C@]1(C)CC/C=C(/F)Cn2c(=O)c3cnc(SC)nc3n2-c2cccc1n2. The maximum Gasteiger partial charge on any atom is 0.278 e. The van der Waals surface area contributed by atoms with Crippen LogP contribution in [0.1, 0.15) is 46.2 Å². The van der Waals surface area contributed by atoms with Gasteiger partial charge in [0.1, 0.15) is 11.2 Å². The molecule has 3 aromatic heterocycles. The van der Waals surface area contributed by atoms with Crippen LogP contribution in [-0.2, 0) is 16.6 Å². The zero-order valence-corrected chi connectivity index (χ0v) is 22.3. The average molecular weight is 502 g/mol. The van der Waals surface area contributed by atoms with E-state index in [-0.39, 0.29) is 17.9 Å². The molecule has 0 fully saturated rings. The number of rotatable bonds is 6. The number of aromatic nitrogens is 5. The molecule has 4 heterocycles. The summed E-state index contributed by atoms with van der Waals surface area (Å²) in [6.45, 7) is 8.48. The van der Waals surface area contributed by atoms with E-state index in [2.05, 4.69) is 37.7 Å². The molecule has 0 unspecified atom stereocenters.